The third-order valence-electron chi connectivity index (χ3n) is 6.16. The van der Waals surface area contributed by atoms with Crippen LogP contribution in [0, 0.1) is 0 Å². The summed E-state index contributed by atoms with van der Waals surface area (Å²) in [5.41, 5.74) is 3.92. The molecule has 8 heteroatoms. The Hall–Kier alpha value is -2.97. The number of pyridine rings is 1. The van der Waals surface area contributed by atoms with Crippen LogP contribution in [0.1, 0.15) is 50.9 Å². The normalized spacial score (nSPS) is 18.5. The first-order valence-electron chi connectivity index (χ1n) is 11.7. The fourth-order valence-electron chi connectivity index (χ4n) is 4.36. The van der Waals surface area contributed by atoms with Crippen molar-refractivity contribution in [3.05, 3.63) is 47.9 Å². The number of aryl methyl sites for hydroxylation is 2. The van der Waals surface area contributed by atoms with Crippen molar-refractivity contribution in [1.29, 1.82) is 0 Å². The zero-order valence-corrected chi connectivity index (χ0v) is 19.8. The highest BCUT2D eigenvalue weighted by molar-refractivity contribution is 7.22. The van der Waals surface area contributed by atoms with Gasteiger partial charge in [0.2, 0.25) is 0 Å². The Labute approximate surface area is 197 Å². The maximum Gasteiger partial charge on any atom is 0.184 e. The van der Waals surface area contributed by atoms with Crippen LogP contribution in [-0.2, 0) is 12.8 Å². The average Bonchev–Trinajstić information content (AvgIpc) is 3.44. The Kier molecular flexibility index (Phi) is 6.28. The first-order valence-corrected chi connectivity index (χ1v) is 12.5. The number of H-pyrrole nitrogens is 1. The van der Waals surface area contributed by atoms with Gasteiger partial charge in [-0.1, -0.05) is 38.0 Å². The summed E-state index contributed by atoms with van der Waals surface area (Å²) in [5, 5.41) is 14.5. The smallest absolute Gasteiger partial charge is 0.184 e. The fraction of sp³-hybridized carbons (Fsp3) is 0.400. The van der Waals surface area contributed by atoms with E-state index in [4.69, 9.17) is 9.72 Å². The van der Waals surface area contributed by atoms with Gasteiger partial charge in [0.15, 0.2) is 11.0 Å². The zero-order chi connectivity index (χ0) is 22.8. The molecule has 0 unspecified atom stereocenters. The third-order valence-corrected chi connectivity index (χ3v) is 7.11. The Morgan fingerprint density at radius 2 is 1.94 bits per heavy atom. The number of hydrogen-bond donors (Lipinski definition) is 3. The third kappa shape index (κ3) is 4.72. The van der Waals surface area contributed by atoms with Gasteiger partial charge >= 0.3 is 0 Å². The molecule has 0 bridgehead atoms. The monoisotopic (exact) mass is 463 g/mol. The molecule has 1 aromatic carbocycles. The van der Waals surface area contributed by atoms with Crippen molar-refractivity contribution in [3.8, 4) is 23.0 Å². The van der Waals surface area contributed by atoms with E-state index in [1.807, 2.05) is 30.3 Å². The van der Waals surface area contributed by atoms with Gasteiger partial charge in [-0.05, 0) is 43.9 Å². The molecule has 3 heterocycles. The molecule has 0 aliphatic heterocycles. The fourth-order valence-corrected chi connectivity index (χ4v) is 5.32. The number of benzene rings is 1. The van der Waals surface area contributed by atoms with Crippen molar-refractivity contribution in [2.75, 3.05) is 5.32 Å². The number of ether oxygens (including phenoxy) is 1. The van der Waals surface area contributed by atoms with Gasteiger partial charge in [-0.15, -0.1) is 0 Å². The number of hydrogen-bond acceptors (Lipinski definition) is 7. The van der Waals surface area contributed by atoms with Crippen molar-refractivity contribution < 1.29 is 9.84 Å². The van der Waals surface area contributed by atoms with Gasteiger partial charge in [-0.25, -0.2) is 9.97 Å². The first-order chi connectivity index (χ1) is 16.1. The number of anilines is 1. The lowest BCUT2D eigenvalue weighted by atomic mass is 9.93. The molecule has 1 aliphatic rings. The minimum Gasteiger partial charge on any atom is -0.457 e. The summed E-state index contributed by atoms with van der Waals surface area (Å²) in [6.07, 6.45) is 7.31. The van der Waals surface area contributed by atoms with E-state index in [9.17, 15) is 5.11 Å². The highest BCUT2D eigenvalue weighted by atomic mass is 32.1. The summed E-state index contributed by atoms with van der Waals surface area (Å²) in [4.78, 5) is 17.3. The van der Waals surface area contributed by atoms with E-state index in [0.29, 0.717) is 5.75 Å². The Bertz CT molecular complexity index is 1230. The molecular formula is C25H29N5O2S. The van der Waals surface area contributed by atoms with Crippen molar-refractivity contribution in [2.24, 2.45) is 0 Å². The quantitative estimate of drug-likeness (QED) is 0.325. The lowest BCUT2D eigenvalue weighted by molar-refractivity contribution is 0.116. The number of aliphatic hydroxyl groups is 1. The van der Waals surface area contributed by atoms with Crippen LogP contribution in [-0.4, -0.2) is 37.2 Å². The van der Waals surface area contributed by atoms with Crippen LogP contribution >= 0.6 is 11.3 Å². The highest BCUT2D eigenvalue weighted by Gasteiger charge is 2.23. The molecule has 2 atom stereocenters. The van der Waals surface area contributed by atoms with Gasteiger partial charge in [-0.2, -0.15) is 0 Å². The van der Waals surface area contributed by atoms with Gasteiger partial charge < -0.3 is 20.1 Å². The van der Waals surface area contributed by atoms with E-state index in [1.54, 1.807) is 17.5 Å². The number of aromatic nitrogens is 4. The lowest BCUT2D eigenvalue weighted by Gasteiger charge is -2.27. The minimum atomic E-state index is -0.304. The summed E-state index contributed by atoms with van der Waals surface area (Å²) in [7, 11) is 0. The van der Waals surface area contributed by atoms with Crippen molar-refractivity contribution in [3.63, 3.8) is 0 Å². The highest BCUT2D eigenvalue weighted by Crippen LogP contribution is 2.33. The lowest BCUT2D eigenvalue weighted by Crippen LogP contribution is -2.36. The second kappa shape index (κ2) is 9.49. The Morgan fingerprint density at radius 1 is 1.09 bits per heavy atom. The molecule has 3 aromatic heterocycles. The van der Waals surface area contributed by atoms with Crippen LogP contribution in [0.3, 0.4) is 0 Å². The molecule has 172 valence electrons. The topological polar surface area (TPSA) is 96.0 Å². The molecule has 0 amide bonds. The van der Waals surface area contributed by atoms with Crippen LogP contribution in [0.2, 0.25) is 0 Å². The Morgan fingerprint density at radius 3 is 2.73 bits per heavy atom. The average molecular weight is 464 g/mol. The van der Waals surface area contributed by atoms with E-state index in [1.165, 1.54) is 0 Å². The molecule has 1 saturated carbocycles. The SMILES string of the molecule is CCc1nc(-c2cc(Oc3ccc4nc(N[C@@H]5CCCC[C@H]5O)sc4c3)ccn2)[nH]c1CC. The number of fused-ring (bicyclic) bond motifs is 1. The van der Waals surface area contributed by atoms with Gasteiger partial charge in [0.25, 0.3) is 0 Å². The number of thiazole rings is 1. The summed E-state index contributed by atoms with van der Waals surface area (Å²) in [5.74, 6) is 2.23. The van der Waals surface area contributed by atoms with E-state index < -0.39 is 0 Å². The van der Waals surface area contributed by atoms with Crippen LogP contribution in [0.15, 0.2) is 36.5 Å². The van der Waals surface area contributed by atoms with Crippen molar-refractivity contribution in [2.45, 2.75) is 64.5 Å². The molecule has 0 saturated heterocycles. The molecule has 5 rings (SSSR count). The second-order valence-electron chi connectivity index (χ2n) is 8.45. The van der Waals surface area contributed by atoms with Gasteiger partial charge in [0, 0.05) is 24.0 Å². The molecule has 33 heavy (non-hydrogen) atoms. The van der Waals surface area contributed by atoms with Crippen LogP contribution < -0.4 is 10.1 Å². The van der Waals surface area contributed by atoms with Crippen molar-refractivity contribution >= 4 is 26.7 Å². The van der Waals surface area contributed by atoms with Gasteiger partial charge in [0.05, 0.1) is 28.1 Å². The molecule has 0 spiro atoms. The molecule has 1 aliphatic carbocycles. The summed E-state index contributed by atoms with van der Waals surface area (Å²) in [6, 6.07) is 9.74. The Balaban J connectivity index is 1.34. The number of aliphatic hydroxyl groups excluding tert-OH is 1. The maximum absolute atomic E-state index is 10.2. The number of imidazole rings is 1. The maximum atomic E-state index is 10.2. The summed E-state index contributed by atoms with van der Waals surface area (Å²) < 4.78 is 7.19. The second-order valence-corrected chi connectivity index (χ2v) is 9.48. The number of nitrogens with zero attached hydrogens (tertiary/aromatic N) is 3. The molecule has 3 N–H and O–H groups in total. The minimum absolute atomic E-state index is 0.0771. The predicted molar refractivity (Wildman–Crippen MR) is 132 cm³/mol. The van der Waals surface area contributed by atoms with Crippen LogP contribution in [0.4, 0.5) is 5.13 Å². The van der Waals surface area contributed by atoms with Gasteiger partial charge in [0.1, 0.15) is 17.2 Å². The largest absolute Gasteiger partial charge is 0.457 e. The molecule has 4 aromatic rings. The van der Waals surface area contributed by atoms with E-state index in [2.05, 4.69) is 34.1 Å². The first kappa shape index (κ1) is 21.9. The van der Waals surface area contributed by atoms with Crippen LogP contribution in [0.5, 0.6) is 11.5 Å². The van der Waals surface area contributed by atoms with Gasteiger partial charge in [-0.3, -0.25) is 4.98 Å². The summed E-state index contributed by atoms with van der Waals surface area (Å²) >= 11 is 1.59. The summed E-state index contributed by atoms with van der Waals surface area (Å²) in [6.45, 7) is 4.23. The standard InChI is InChI=1S/C25H29N5O2S/c1-3-17-18(4-2)28-24(27-17)21-13-16(11-12-26-21)32-15-9-10-20-23(14-15)33-25(30-20)29-19-7-5-6-8-22(19)31/h9-14,19,22,31H,3-8H2,1-2H3,(H,27,28)(H,29,30)/t19-,22-/m1/s1. The number of aromatic amines is 1. The van der Waals surface area contributed by atoms with E-state index in [-0.39, 0.29) is 12.1 Å². The van der Waals surface area contributed by atoms with Crippen LogP contribution in [0.25, 0.3) is 21.7 Å². The zero-order valence-electron chi connectivity index (χ0n) is 19.0. The van der Waals surface area contributed by atoms with E-state index in [0.717, 1.165) is 82.5 Å². The number of rotatable bonds is 7. The molecular weight excluding hydrogens is 434 g/mol. The number of nitrogens with one attached hydrogen (secondary N) is 2. The molecule has 0 radical (unpaired) electrons. The molecule has 1 fully saturated rings. The van der Waals surface area contributed by atoms with Crippen molar-refractivity contribution in [1.82, 2.24) is 19.9 Å². The molecule has 7 nitrogen and oxygen atoms in total. The van der Waals surface area contributed by atoms with E-state index >= 15 is 0 Å². The predicted octanol–water partition coefficient (Wildman–Crippen LogP) is 5.71.